The lowest BCUT2D eigenvalue weighted by Crippen LogP contribution is -2.30. The van der Waals surface area contributed by atoms with Gasteiger partial charge in [0, 0.05) is 18.0 Å². The van der Waals surface area contributed by atoms with Crippen LogP contribution in [0.5, 0.6) is 0 Å². The Morgan fingerprint density at radius 3 is 3.20 bits per heavy atom. The van der Waals surface area contributed by atoms with Gasteiger partial charge in [0.05, 0.1) is 17.7 Å². The minimum Gasteiger partial charge on any atom is -0.307 e. The van der Waals surface area contributed by atoms with E-state index in [1.54, 1.807) is 24.0 Å². The van der Waals surface area contributed by atoms with Gasteiger partial charge in [-0.1, -0.05) is 0 Å². The predicted octanol–water partition coefficient (Wildman–Crippen LogP) is 0.913. The highest BCUT2D eigenvalue weighted by molar-refractivity contribution is 7.07. The molecular weight excluding hydrogens is 210 g/mol. The van der Waals surface area contributed by atoms with E-state index in [4.69, 9.17) is 0 Å². The number of thiazole rings is 1. The average Bonchev–Trinajstić information content (AvgIpc) is 2.86. The predicted molar refractivity (Wildman–Crippen MR) is 58.4 cm³/mol. The summed E-state index contributed by atoms with van der Waals surface area (Å²) in [7, 11) is 0. The minimum absolute atomic E-state index is 0.355. The maximum absolute atomic E-state index is 4.21. The van der Waals surface area contributed by atoms with Crippen LogP contribution in [0.4, 0.5) is 0 Å². The summed E-state index contributed by atoms with van der Waals surface area (Å²) in [6.07, 6.45) is 3.27. The summed E-state index contributed by atoms with van der Waals surface area (Å²) in [5.41, 5.74) is 2.93. The van der Waals surface area contributed by atoms with Crippen molar-refractivity contribution in [2.45, 2.75) is 26.1 Å². The van der Waals surface area contributed by atoms with Crippen molar-refractivity contribution in [2.24, 2.45) is 0 Å². The van der Waals surface area contributed by atoms with E-state index in [1.165, 1.54) is 0 Å². The van der Waals surface area contributed by atoms with Gasteiger partial charge in [-0.25, -0.2) is 9.97 Å². The Labute approximate surface area is 92.2 Å². The van der Waals surface area contributed by atoms with Gasteiger partial charge < -0.3 is 5.32 Å². The fourth-order valence-corrected chi connectivity index (χ4v) is 1.83. The zero-order valence-corrected chi connectivity index (χ0v) is 9.31. The average molecular weight is 223 g/mol. The van der Waals surface area contributed by atoms with Crippen LogP contribution in [0.1, 0.15) is 12.6 Å². The topological polar surface area (TPSA) is 55.6 Å². The van der Waals surface area contributed by atoms with Crippen LogP contribution >= 0.6 is 11.3 Å². The lowest BCUT2D eigenvalue weighted by molar-refractivity contribution is 0.448. The monoisotopic (exact) mass is 223 g/mol. The molecule has 2 aromatic heterocycles. The van der Waals surface area contributed by atoms with Gasteiger partial charge in [-0.3, -0.25) is 4.68 Å². The van der Waals surface area contributed by atoms with Gasteiger partial charge in [0.1, 0.15) is 12.7 Å². The van der Waals surface area contributed by atoms with E-state index in [-0.39, 0.29) is 0 Å². The van der Waals surface area contributed by atoms with Gasteiger partial charge in [-0.15, -0.1) is 11.3 Å². The van der Waals surface area contributed by atoms with E-state index in [0.29, 0.717) is 6.04 Å². The molecule has 0 bridgehead atoms. The molecule has 0 saturated heterocycles. The van der Waals surface area contributed by atoms with Crippen molar-refractivity contribution in [3.05, 3.63) is 29.2 Å². The third-order valence-corrected chi connectivity index (χ3v) is 2.68. The van der Waals surface area contributed by atoms with Crippen LogP contribution in [0.3, 0.4) is 0 Å². The number of hydrogen-bond acceptors (Lipinski definition) is 5. The Kier molecular flexibility index (Phi) is 3.41. The fraction of sp³-hybridized carbons (Fsp3) is 0.444. The molecule has 1 unspecified atom stereocenters. The largest absolute Gasteiger partial charge is 0.307 e. The number of hydrogen-bond donors (Lipinski definition) is 1. The van der Waals surface area contributed by atoms with Gasteiger partial charge in [0.25, 0.3) is 0 Å². The third-order valence-electron chi connectivity index (χ3n) is 2.04. The molecule has 0 aliphatic carbocycles. The summed E-state index contributed by atoms with van der Waals surface area (Å²) in [6, 6.07) is 0.355. The molecule has 0 amide bonds. The minimum atomic E-state index is 0.355. The number of rotatable bonds is 5. The molecule has 1 atom stereocenters. The molecule has 2 heterocycles. The molecule has 2 rings (SSSR count). The highest BCUT2D eigenvalue weighted by Gasteiger charge is 2.03. The van der Waals surface area contributed by atoms with E-state index in [2.05, 4.69) is 32.7 Å². The van der Waals surface area contributed by atoms with Crippen molar-refractivity contribution in [3.63, 3.8) is 0 Å². The van der Waals surface area contributed by atoms with Crippen LogP contribution < -0.4 is 5.32 Å². The summed E-state index contributed by atoms with van der Waals surface area (Å²) < 4.78 is 1.82. The quantitative estimate of drug-likeness (QED) is 0.818. The number of aromatic nitrogens is 4. The van der Waals surface area contributed by atoms with E-state index in [1.807, 2.05) is 10.2 Å². The first-order valence-corrected chi connectivity index (χ1v) is 5.72. The highest BCUT2D eigenvalue weighted by Crippen LogP contribution is 2.00. The summed E-state index contributed by atoms with van der Waals surface area (Å²) in [5, 5.41) is 9.48. The zero-order valence-electron chi connectivity index (χ0n) is 8.50. The molecule has 2 aromatic rings. The standard InChI is InChI=1S/C9H13N5S/c1-8(3-14-6-10-5-13-14)11-2-9-4-15-7-12-9/h4-8,11H,2-3H2,1H3. The van der Waals surface area contributed by atoms with Gasteiger partial charge >= 0.3 is 0 Å². The molecular formula is C9H13N5S. The van der Waals surface area contributed by atoms with E-state index >= 15 is 0 Å². The molecule has 0 aliphatic rings. The SMILES string of the molecule is CC(Cn1cncn1)NCc1cscn1. The van der Waals surface area contributed by atoms with E-state index < -0.39 is 0 Å². The number of nitrogens with one attached hydrogen (secondary N) is 1. The maximum atomic E-state index is 4.21. The fourth-order valence-electron chi connectivity index (χ4n) is 1.28. The van der Waals surface area contributed by atoms with Crippen molar-refractivity contribution < 1.29 is 0 Å². The maximum Gasteiger partial charge on any atom is 0.137 e. The van der Waals surface area contributed by atoms with Crippen LogP contribution in [-0.2, 0) is 13.1 Å². The van der Waals surface area contributed by atoms with Gasteiger partial charge in [-0.05, 0) is 6.92 Å². The van der Waals surface area contributed by atoms with Crippen molar-refractivity contribution in [1.29, 1.82) is 0 Å². The summed E-state index contributed by atoms with van der Waals surface area (Å²) in [4.78, 5) is 8.11. The van der Waals surface area contributed by atoms with Crippen LogP contribution in [0.25, 0.3) is 0 Å². The molecule has 1 N–H and O–H groups in total. The first kappa shape index (κ1) is 10.3. The molecule has 6 heteroatoms. The molecule has 0 aromatic carbocycles. The number of nitrogens with zero attached hydrogens (tertiary/aromatic N) is 4. The van der Waals surface area contributed by atoms with Crippen LogP contribution in [0, 0.1) is 0 Å². The normalized spacial score (nSPS) is 12.9. The van der Waals surface area contributed by atoms with Gasteiger partial charge in [-0.2, -0.15) is 5.10 Å². The van der Waals surface area contributed by atoms with E-state index in [9.17, 15) is 0 Å². The highest BCUT2D eigenvalue weighted by atomic mass is 32.1. The van der Waals surface area contributed by atoms with Crippen LogP contribution in [0.15, 0.2) is 23.5 Å². The summed E-state index contributed by atoms with van der Waals surface area (Å²) in [6.45, 7) is 3.75. The second-order valence-corrected chi connectivity index (χ2v) is 4.10. The van der Waals surface area contributed by atoms with Crippen molar-refractivity contribution >= 4 is 11.3 Å². The van der Waals surface area contributed by atoms with Crippen LogP contribution in [0.2, 0.25) is 0 Å². The Balaban J connectivity index is 1.76. The van der Waals surface area contributed by atoms with Crippen molar-refractivity contribution in [3.8, 4) is 0 Å². The lowest BCUT2D eigenvalue weighted by Gasteiger charge is -2.12. The molecule has 0 spiro atoms. The third kappa shape index (κ3) is 3.10. The second-order valence-electron chi connectivity index (χ2n) is 3.38. The van der Waals surface area contributed by atoms with Gasteiger partial charge in [0.2, 0.25) is 0 Å². The Morgan fingerprint density at radius 2 is 2.53 bits per heavy atom. The molecule has 0 radical (unpaired) electrons. The van der Waals surface area contributed by atoms with E-state index in [0.717, 1.165) is 18.8 Å². The Bertz CT molecular complexity index is 369. The molecule has 80 valence electrons. The molecule has 0 fully saturated rings. The summed E-state index contributed by atoms with van der Waals surface area (Å²) >= 11 is 1.62. The lowest BCUT2D eigenvalue weighted by atomic mass is 10.3. The first-order valence-electron chi connectivity index (χ1n) is 4.77. The van der Waals surface area contributed by atoms with Crippen LogP contribution in [-0.4, -0.2) is 25.8 Å². The Morgan fingerprint density at radius 1 is 1.60 bits per heavy atom. The molecule has 5 nitrogen and oxygen atoms in total. The van der Waals surface area contributed by atoms with Gasteiger partial charge in [0.15, 0.2) is 0 Å². The Hall–Kier alpha value is -1.27. The molecule has 0 saturated carbocycles. The first-order chi connectivity index (χ1) is 7.34. The zero-order chi connectivity index (χ0) is 10.5. The van der Waals surface area contributed by atoms with Crippen molar-refractivity contribution in [2.75, 3.05) is 0 Å². The second kappa shape index (κ2) is 4.99. The summed E-state index contributed by atoms with van der Waals surface area (Å²) in [5.74, 6) is 0. The molecule has 0 aliphatic heterocycles. The van der Waals surface area contributed by atoms with Crippen molar-refractivity contribution in [1.82, 2.24) is 25.1 Å². The smallest absolute Gasteiger partial charge is 0.137 e. The molecule has 15 heavy (non-hydrogen) atoms.